The second-order valence-electron chi connectivity index (χ2n) is 3.64. The molecule has 21 heavy (non-hydrogen) atoms. The van der Waals surface area contributed by atoms with Crippen LogP contribution in [0.1, 0.15) is 12.6 Å². The molecule has 0 aliphatic carbocycles. The molecule has 2 aromatic heterocycles. The first kappa shape index (κ1) is 14.7. The third-order valence-corrected chi connectivity index (χ3v) is 3.50. The summed E-state index contributed by atoms with van der Waals surface area (Å²) in [6, 6.07) is 0.398. The lowest BCUT2D eigenvalue weighted by molar-refractivity contribution is -0.141. The number of hydrogen-bond donors (Lipinski definition) is 1. The molecule has 1 atom stereocenters. The Kier molecular flexibility index (Phi) is 4.37. The number of alkyl halides is 3. The van der Waals surface area contributed by atoms with Crippen molar-refractivity contribution >= 4 is 35.0 Å². The number of aromatic nitrogens is 3. The highest BCUT2D eigenvalue weighted by Crippen LogP contribution is 2.33. The summed E-state index contributed by atoms with van der Waals surface area (Å²) in [6.07, 6.45) is -2.22. The van der Waals surface area contributed by atoms with Crippen LogP contribution < -0.4 is 0 Å². The molecule has 0 saturated heterocycles. The maximum atomic E-state index is 12.6. The maximum Gasteiger partial charge on any atom is 0.433 e. The molecule has 0 amide bonds. The summed E-state index contributed by atoms with van der Waals surface area (Å²) in [5.74, 6) is -0.844. The molecule has 2 heterocycles. The van der Waals surface area contributed by atoms with Crippen molar-refractivity contribution in [1.29, 1.82) is 0 Å². The highest BCUT2D eigenvalue weighted by atomic mass is 35.5. The second-order valence-corrected chi connectivity index (χ2v) is 5.30. The molecule has 112 valence electrons. The van der Waals surface area contributed by atoms with Crippen LogP contribution in [0.2, 0.25) is 10.0 Å². The van der Waals surface area contributed by atoms with Gasteiger partial charge in [0.2, 0.25) is 5.88 Å². The summed E-state index contributed by atoms with van der Waals surface area (Å²) in [5.41, 5.74) is -2.32. The molecule has 0 aliphatic heterocycles. The van der Waals surface area contributed by atoms with Crippen molar-refractivity contribution in [2.45, 2.75) is 17.1 Å². The number of aromatic hydroxyl groups is 1. The van der Waals surface area contributed by atoms with Crippen LogP contribution in [0.15, 0.2) is 23.6 Å². The van der Waals surface area contributed by atoms with Crippen LogP contribution in [0.3, 0.4) is 0 Å². The molecular weight excluding hydrogens is 350 g/mol. The molecule has 10 heteroatoms. The van der Waals surface area contributed by atoms with Crippen LogP contribution in [0.5, 0.6) is 5.88 Å². The van der Waals surface area contributed by atoms with Gasteiger partial charge in [0.1, 0.15) is 0 Å². The van der Waals surface area contributed by atoms with Gasteiger partial charge in [-0.1, -0.05) is 35.0 Å². The van der Waals surface area contributed by atoms with E-state index in [-0.39, 0.29) is 15.6 Å². The molecule has 2 aromatic rings. The summed E-state index contributed by atoms with van der Waals surface area (Å²) in [5, 5.41) is 9.03. The molecule has 0 bridgehead atoms. The molecule has 4 nitrogen and oxygen atoms in total. The van der Waals surface area contributed by atoms with Crippen LogP contribution in [0.4, 0.5) is 13.2 Å². The van der Waals surface area contributed by atoms with Gasteiger partial charge in [-0.15, -0.1) is 0 Å². The minimum atomic E-state index is -4.74. The largest absolute Gasteiger partial charge is 0.493 e. The summed E-state index contributed by atoms with van der Waals surface area (Å²) >= 11 is 12.3. The lowest BCUT2D eigenvalue weighted by Crippen LogP contribution is -2.09. The van der Waals surface area contributed by atoms with Gasteiger partial charge in [-0.3, -0.25) is 4.98 Å². The fourth-order valence-electron chi connectivity index (χ4n) is 1.26. The monoisotopic (exact) mass is 356 g/mol. The van der Waals surface area contributed by atoms with Crippen molar-refractivity contribution in [3.05, 3.63) is 39.8 Å². The SMILES string of the molecule is [2H]C(Sc1nc(O)cc(C(F)(F)F)n1)c1c(Cl)cncc1Cl. The number of pyridine rings is 1. The zero-order valence-corrected chi connectivity index (χ0v) is 12.2. The van der Waals surface area contributed by atoms with Gasteiger partial charge in [-0.25, -0.2) is 4.98 Å². The Morgan fingerprint density at radius 3 is 2.43 bits per heavy atom. The molecular formula is C11H6Cl2F3N3OS. The van der Waals surface area contributed by atoms with Gasteiger partial charge in [-0.05, 0) is 0 Å². The molecule has 0 aromatic carbocycles. The topological polar surface area (TPSA) is 58.9 Å². The third-order valence-electron chi connectivity index (χ3n) is 2.16. The van der Waals surface area contributed by atoms with Gasteiger partial charge in [0.25, 0.3) is 0 Å². The normalized spacial score (nSPS) is 13.9. The van der Waals surface area contributed by atoms with E-state index in [0.29, 0.717) is 17.8 Å². The minimum Gasteiger partial charge on any atom is -0.493 e. The lowest BCUT2D eigenvalue weighted by Gasteiger charge is -2.08. The molecule has 0 spiro atoms. The van der Waals surface area contributed by atoms with E-state index in [9.17, 15) is 18.3 Å². The summed E-state index contributed by atoms with van der Waals surface area (Å²) < 4.78 is 45.8. The molecule has 0 aliphatic rings. The lowest BCUT2D eigenvalue weighted by atomic mass is 10.3. The van der Waals surface area contributed by atoms with Gasteiger partial charge in [0, 0.05) is 31.1 Å². The van der Waals surface area contributed by atoms with Crippen LogP contribution in [-0.2, 0) is 11.9 Å². The fraction of sp³-hybridized carbons (Fsp3) is 0.182. The molecule has 0 saturated carbocycles. The Morgan fingerprint density at radius 2 is 1.86 bits per heavy atom. The predicted octanol–water partition coefficient (Wildman–Crippen LogP) is 4.20. The average Bonchev–Trinajstić information content (AvgIpc) is 2.36. The van der Waals surface area contributed by atoms with Gasteiger partial charge in [0.15, 0.2) is 10.9 Å². The van der Waals surface area contributed by atoms with Gasteiger partial charge in [-0.2, -0.15) is 18.2 Å². The van der Waals surface area contributed by atoms with Crippen LogP contribution in [0.25, 0.3) is 0 Å². The molecule has 1 N–H and O–H groups in total. The smallest absolute Gasteiger partial charge is 0.433 e. The number of halogens is 5. The first-order valence-electron chi connectivity index (χ1n) is 5.79. The Balaban J connectivity index is 2.33. The maximum absolute atomic E-state index is 12.6. The summed E-state index contributed by atoms with van der Waals surface area (Å²) in [7, 11) is 0. The van der Waals surface area contributed by atoms with E-state index in [0.717, 1.165) is 0 Å². The zero-order valence-electron chi connectivity index (χ0n) is 10.9. The summed E-state index contributed by atoms with van der Waals surface area (Å²) in [6.45, 7) is 0. The van der Waals surface area contributed by atoms with E-state index in [2.05, 4.69) is 15.0 Å². The van der Waals surface area contributed by atoms with Crippen molar-refractivity contribution in [3.63, 3.8) is 0 Å². The van der Waals surface area contributed by atoms with Crippen LogP contribution in [-0.4, -0.2) is 20.1 Å². The number of nitrogens with zero attached hydrogens (tertiary/aromatic N) is 3. The average molecular weight is 357 g/mol. The number of thioether (sulfide) groups is 1. The van der Waals surface area contributed by atoms with Crippen molar-refractivity contribution in [2.24, 2.45) is 0 Å². The molecule has 0 radical (unpaired) electrons. The van der Waals surface area contributed by atoms with Crippen LogP contribution >= 0.6 is 35.0 Å². The Labute approximate surface area is 132 Å². The van der Waals surface area contributed by atoms with Crippen molar-refractivity contribution < 1.29 is 19.6 Å². The predicted molar refractivity (Wildman–Crippen MR) is 72.5 cm³/mol. The number of hydrogen-bond acceptors (Lipinski definition) is 5. The fourth-order valence-corrected chi connectivity index (χ4v) is 2.63. The first-order chi connectivity index (χ1) is 10.2. The van der Waals surface area contributed by atoms with Gasteiger partial charge in [0.05, 0.1) is 10.0 Å². The van der Waals surface area contributed by atoms with Crippen molar-refractivity contribution in [3.8, 4) is 5.88 Å². The van der Waals surface area contributed by atoms with E-state index < -0.39 is 28.6 Å². The quantitative estimate of drug-likeness (QED) is 0.659. The highest BCUT2D eigenvalue weighted by molar-refractivity contribution is 7.98. The van der Waals surface area contributed by atoms with E-state index in [1.165, 1.54) is 12.4 Å². The van der Waals surface area contributed by atoms with E-state index in [4.69, 9.17) is 24.6 Å². The Morgan fingerprint density at radius 1 is 1.24 bits per heavy atom. The van der Waals surface area contributed by atoms with Crippen molar-refractivity contribution in [2.75, 3.05) is 0 Å². The van der Waals surface area contributed by atoms with E-state index in [1.54, 1.807) is 0 Å². The van der Waals surface area contributed by atoms with E-state index in [1.807, 2.05) is 0 Å². The first-order valence-corrected chi connectivity index (χ1v) is 6.85. The molecule has 0 fully saturated rings. The van der Waals surface area contributed by atoms with Crippen LogP contribution in [0, 0.1) is 0 Å². The number of rotatable bonds is 3. The van der Waals surface area contributed by atoms with E-state index >= 15 is 0 Å². The summed E-state index contributed by atoms with van der Waals surface area (Å²) in [4.78, 5) is 10.5. The third kappa shape index (κ3) is 4.12. The standard InChI is InChI=1S/C11H6Cl2F3N3OS/c12-6-2-17-3-7(13)5(6)4-21-10-18-8(11(14,15)16)1-9(20)19-10/h1-3H,4H2,(H,18,19,20)/i4D. The zero-order chi connectivity index (χ0) is 16.5. The Bertz CT molecular complexity index is 685. The minimum absolute atomic E-state index is 0.0937. The van der Waals surface area contributed by atoms with Gasteiger partial charge >= 0.3 is 6.18 Å². The van der Waals surface area contributed by atoms with Crippen molar-refractivity contribution in [1.82, 2.24) is 15.0 Å². The second kappa shape index (κ2) is 6.25. The highest BCUT2D eigenvalue weighted by Gasteiger charge is 2.33. The molecule has 2 rings (SSSR count). The Hall–Kier alpha value is -1.25. The van der Waals surface area contributed by atoms with Gasteiger partial charge < -0.3 is 5.11 Å². The molecule has 1 unspecified atom stereocenters.